The fourth-order valence-electron chi connectivity index (χ4n) is 2.65. The molecule has 3 rings (SSSR count). The standard InChI is InChI=1S/C16H10F3NO6S/c17-16(18,19)27(24,25)11-3-6-15(13(8-11)20(22)23)26-10-2-4-12-9(7-10)1-5-14(12)21/h2-4,6-8H,1,5H2. The van der Waals surface area contributed by atoms with E-state index in [2.05, 4.69) is 0 Å². The van der Waals surface area contributed by atoms with Crippen LogP contribution in [0.5, 0.6) is 11.5 Å². The number of ketones is 1. The second-order valence-corrected chi connectivity index (χ2v) is 7.62. The summed E-state index contributed by atoms with van der Waals surface area (Å²) < 4.78 is 66.2. The zero-order valence-corrected chi connectivity index (χ0v) is 14.1. The van der Waals surface area contributed by atoms with Gasteiger partial charge in [-0.3, -0.25) is 14.9 Å². The summed E-state index contributed by atoms with van der Waals surface area (Å²) >= 11 is 0. The molecule has 0 fully saturated rings. The molecule has 1 aliphatic rings. The molecule has 0 spiro atoms. The lowest BCUT2D eigenvalue weighted by atomic mass is 10.1. The Bertz CT molecular complexity index is 1060. The first-order valence-electron chi connectivity index (χ1n) is 7.44. The number of benzene rings is 2. The van der Waals surface area contributed by atoms with E-state index in [1.54, 1.807) is 0 Å². The maximum Gasteiger partial charge on any atom is 0.501 e. The zero-order valence-electron chi connectivity index (χ0n) is 13.3. The molecule has 0 saturated heterocycles. The van der Waals surface area contributed by atoms with E-state index in [1.807, 2.05) is 0 Å². The number of hydrogen-bond acceptors (Lipinski definition) is 6. The summed E-state index contributed by atoms with van der Waals surface area (Å²) in [6, 6.07) is 6.07. The molecule has 0 saturated carbocycles. The van der Waals surface area contributed by atoms with Gasteiger partial charge in [-0.1, -0.05) is 0 Å². The molecule has 0 amide bonds. The van der Waals surface area contributed by atoms with Gasteiger partial charge < -0.3 is 4.74 Å². The van der Waals surface area contributed by atoms with Crippen LogP contribution in [0.4, 0.5) is 18.9 Å². The van der Waals surface area contributed by atoms with Crippen LogP contribution in [0.25, 0.3) is 0 Å². The van der Waals surface area contributed by atoms with Crippen LogP contribution in [0.15, 0.2) is 41.3 Å². The molecule has 7 nitrogen and oxygen atoms in total. The van der Waals surface area contributed by atoms with Crippen LogP contribution in [-0.2, 0) is 16.3 Å². The number of fused-ring (bicyclic) bond motifs is 1. The molecule has 0 bridgehead atoms. The van der Waals surface area contributed by atoms with Crippen LogP contribution >= 0.6 is 0 Å². The van der Waals surface area contributed by atoms with Crippen LogP contribution in [0.1, 0.15) is 22.3 Å². The van der Waals surface area contributed by atoms with Crippen molar-refractivity contribution in [1.82, 2.24) is 0 Å². The highest BCUT2D eigenvalue weighted by atomic mass is 32.2. The minimum absolute atomic E-state index is 0.0377. The van der Waals surface area contributed by atoms with Crippen molar-refractivity contribution in [2.75, 3.05) is 0 Å². The van der Waals surface area contributed by atoms with Crippen molar-refractivity contribution in [3.05, 3.63) is 57.6 Å². The van der Waals surface area contributed by atoms with Gasteiger partial charge in [-0.15, -0.1) is 0 Å². The molecule has 2 aromatic carbocycles. The number of nitro benzene ring substituents is 1. The third-order valence-electron chi connectivity index (χ3n) is 3.97. The normalized spacial score (nSPS) is 14.1. The largest absolute Gasteiger partial charge is 0.501 e. The third kappa shape index (κ3) is 3.37. The number of nitro groups is 1. The summed E-state index contributed by atoms with van der Waals surface area (Å²) in [5, 5.41) is 11.2. The second kappa shape index (κ2) is 6.34. The molecule has 11 heteroatoms. The molecule has 0 radical (unpaired) electrons. The number of carbonyl (C=O) groups excluding carboxylic acids is 1. The highest BCUT2D eigenvalue weighted by Crippen LogP contribution is 2.38. The number of nitrogens with zero attached hydrogens (tertiary/aromatic N) is 1. The van der Waals surface area contributed by atoms with Gasteiger partial charge in [0.25, 0.3) is 9.84 Å². The van der Waals surface area contributed by atoms with E-state index in [4.69, 9.17) is 4.74 Å². The van der Waals surface area contributed by atoms with E-state index < -0.39 is 36.6 Å². The van der Waals surface area contributed by atoms with Crippen molar-refractivity contribution < 1.29 is 36.0 Å². The molecule has 0 unspecified atom stereocenters. The third-order valence-corrected chi connectivity index (χ3v) is 5.45. The van der Waals surface area contributed by atoms with Crippen LogP contribution in [-0.4, -0.2) is 24.6 Å². The summed E-state index contributed by atoms with van der Waals surface area (Å²) in [6.45, 7) is 0. The zero-order chi connectivity index (χ0) is 20.0. The van der Waals surface area contributed by atoms with Crippen LogP contribution < -0.4 is 4.74 Å². The average molecular weight is 401 g/mol. The Morgan fingerprint density at radius 3 is 2.41 bits per heavy atom. The number of aryl methyl sites for hydroxylation is 1. The molecule has 0 aliphatic heterocycles. The first-order chi connectivity index (χ1) is 12.5. The SMILES string of the molecule is O=C1CCc2cc(Oc3ccc(S(=O)(=O)C(F)(F)F)cc3[N+](=O)[O-])ccc21. The number of alkyl halides is 3. The molecule has 27 heavy (non-hydrogen) atoms. The van der Waals surface area contributed by atoms with Gasteiger partial charge in [0.2, 0.25) is 5.75 Å². The Kier molecular flexibility index (Phi) is 4.42. The lowest BCUT2D eigenvalue weighted by molar-refractivity contribution is -0.385. The van der Waals surface area contributed by atoms with Gasteiger partial charge in [-0.2, -0.15) is 13.2 Å². The molecule has 0 atom stereocenters. The maximum absolute atomic E-state index is 12.6. The number of carbonyl (C=O) groups is 1. The minimum atomic E-state index is -5.73. The Hall–Kier alpha value is -2.95. The number of hydrogen-bond donors (Lipinski definition) is 0. The average Bonchev–Trinajstić information content (AvgIpc) is 2.94. The van der Waals surface area contributed by atoms with Crippen molar-refractivity contribution >= 4 is 21.3 Å². The van der Waals surface area contributed by atoms with Crippen molar-refractivity contribution in [2.45, 2.75) is 23.2 Å². The number of sulfone groups is 1. The monoisotopic (exact) mass is 401 g/mol. The first kappa shape index (κ1) is 18.8. The van der Waals surface area contributed by atoms with Gasteiger partial charge in [0, 0.05) is 18.1 Å². The summed E-state index contributed by atoms with van der Waals surface area (Å²) in [6.07, 6.45) is 0.819. The van der Waals surface area contributed by atoms with Gasteiger partial charge in [-0.25, -0.2) is 8.42 Å². The first-order valence-corrected chi connectivity index (χ1v) is 8.93. The molecular formula is C16H10F3NO6S. The predicted molar refractivity (Wildman–Crippen MR) is 85.5 cm³/mol. The van der Waals surface area contributed by atoms with Crippen molar-refractivity contribution in [2.24, 2.45) is 0 Å². The number of halogens is 3. The summed E-state index contributed by atoms with van der Waals surface area (Å²) in [4.78, 5) is 20.5. The topological polar surface area (TPSA) is 104 Å². The van der Waals surface area contributed by atoms with Gasteiger partial charge in [0.15, 0.2) is 5.78 Å². The fraction of sp³-hybridized carbons (Fsp3) is 0.188. The van der Waals surface area contributed by atoms with Gasteiger partial charge in [0.05, 0.1) is 9.82 Å². The molecule has 0 heterocycles. The van der Waals surface area contributed by atoms with E-state index in [9.17, 15) is 36.5 Å². The molecule has 0 N–H and O–H groups in total. The predicted octanol–water partition coefficient (Wildman–Crippen LogP) is 3.81. The van der Waals surface area contributed by atoms with E-state index in [1.165, 1.54) is 18.2 Å². The lowest BCUT2D eigenvalue weighted by Crippen LogP contribution is -2.23. The van der Waals surface area contributed by atoms with E-state index in [0.29, 0.717) is 36.1 Å². The van der Waals surface area contributed by atoms with Gasteiger partial charge >= 0.3 is 11.2 Å². The van der Waals surface area contributed by atoms with Crippen molar-refractivity contribution in [1.29, 1.82) is 0 Å². The summed E-state index contributed by atoms with van der Waals surface area (Å²) in [7, 11) is -5.73. The fourth-order valence-corrected chi connectivity index (χ4v) is 3.43. The highest BCUT2D eigenvalue weighted by Gasteiger charge is 2.47. The molecule has 2 aromatic rings. The molecular weight excluding hydrogens is 391 g/mol. The highest BCUT2D eigenvalue weighted by molar-refractivity contribution is 7.92. The van der Waals surface area contributed by atoms with Crippen molar-refractivity contribution in [3.63, 3.8) is 0 Å². The number of Topliss-reactive ketones (excluding diaryl/α,β-unsaturated/α-hetero) is 1. The molecule has 142 valence electrons. The van der Waals surface area contributed by atoms with Crippen LogP contribution in [0.3, 0.4) is 0 Å². The Balaban J connectivity index is 2.00. The summed E-state index contributed by atoms with van der Waals surface area (Å²) in [5.74, 6) is -0.326. The van der Waals surface area contributed by atoms with Crippen molar-refractivity contribution in [3.8, 4) is 11.5 Å². The number of rotatable bonds is 4. The molecule has 0 aromatic heterocycles. The Morgan fingerprint density at radius 1 is 1.07 bits per heavy atom. The van der Waals surface area contributed by atoms with Crippen LogP contribution in [0.2, 0.25) is 0 Å². The van der Waals surface area contributed by atoms with E-state index in [-0.39, 0.29) is 11.5 Å². The second-order valence-electron chi connectivity index (χ2n) is 5.68. The minimum Gasteiger partial charge on any atom is -0.450 e. The van der Waals surface area contributed by atoms with Gasteiger partial charge in [-0.05, 0) is 42.3 Å². The quantitative estimate of drug-likeness (QED) is 0.570. The van der Waals surface area contributed by atoms with E-state index >= 15 is 0 Å². The Morgan fingerprint density at radius 2 is 1.78 bits per heavy atom. The number of ether oxygens (including phenoxy) is 1. The van der Waals surface area contributed by atoms with E-state index in [0.717, 1.165) is 6.07 Å². The molecule has 1 aliphatic carbocycles. The summed E-state index contributed by atoms with van der Waals surface area (Å²) in [5.41, 5.74) is -5.31. The van der Waals surface area contributed by atoms with Gasteiger partial charge in [0.1, 0.15) is 5.75 Å². The smallest absolute Gasteiger partial charge is 0.450 e. The van der Waals surface area contributed by atoms with Crippen LogP contribution in [0, 0.1) is 10.1 Å². The maximum atomic E-state index is 12.6. The Labute approximate surface area is 150 Å². The lowest BCUT2D eigenvalue weighted by Gasteiger charge is -2.11.